The van der Waals surface area contributed by atoms with Crippen molar-refractivity contribution in [3.63, 3.8) is 0 Å². The minimum atomic E-state index is -0.568. The molecule has 0 bridgehead atoms. The molecule has 0 saturated carbocycles. The average Bonchev–Trinajstić information content (AvgIpc) is 2.81. The van der Waals surface area contributed by atoms with Gasteiger partial charge in [0, 0.05) is 12.1 Å². The minimum absolute atomic E-state index is 0.0599. The van der Waals surface area contributed by atoms with Crippen molar-refractivity contribution >= 4 is 5.96 Å². The summed E-state index contributed by atoms with van der Waals surface area (Å²) in [5, 5.41) is 14.2. The van der Waals surface area contributed by atoms with E-state index in [9.17, 15) is 8.78 Å². The van der Waals surface area contributed by atoms with Gasteiger partial charge in [0.15, 0.2) is 0 Å². The molecule has 0 radical (unpaired) electrons. The smallest absolute Gasteiger partial charge is 0.209 e. The Morgan fingerprint density at radius 3 is 3.11 bits per heavy atom. The summed E-state index contributed by atoms with van der Waals surface area (Å²) in [6.45, 7) is -0.508. The van der Waals surface area contributed by atoms with Gasteiger partial charge in [-0.3, -0.25) is 0 Å². The highest BCUT2D eigenvalue weighted by molar-refractivity contribution is 5.81. The highest BCUT2D eigenvalue weighted by Gasteiger charge is 2.26. The van der Waals surface area contributed by atoms with Crippen molar-refractivity contribution in [2.45, 2.75) is 18.9 Å². The minimum Gasteiger partial charge on any atom is -0.353 e. The summed E-state index contributed by atoms with van der Waals surface area (Å²) in [6, 6.07) is 4.74. The van der Waals surface area contributed by atoms with Crippen LogP contribution < -0.4 is 10.6 Å². The summed E-state index contributed by atoms with van der Waals surface area (Å²) in [5.74, 6) is -0.0875. The lowest BCUT2D eigenvalue weighted by Crippen LogP contribution is -2.40. The van der Waals surface area contributed by atoms with Crippen LogP contribution in [0.4, 0.5) is 8.78 Å². The summed E-state index contributed by atoms with van der Waals surface area (Å²) in [5.41, 5.74) is 1.56. The fraction of sp³-hybridized carbons (Fsp3) is 0.385. The van der Waals surface area contributed by atoms with E-state index in [1.807, 2.05) is 6.07 Å². The number of nitrogens with zero attached hydrogens (tertiary/aromatic N) is 2. The summed E-state index contributed by atoms with van der Waals surface area (Å²) in [7, 11) is 0. The van der Waals surface area contributed by atoms with Crippen LogP contribution in [0.3, 0.4) is 0 Å². The van der Waals surface area contributed by atoms with Crippen molar-refractivity contribution < 1.29 is 8.78 Å². The van der Waals surface area contributed by atoms with E-state index in [1.54, 1.807) is 12.3 Å². The zero-order valence-corrected chi connectivity index (χ0v) is 10.3. The lowest BCUT2D eigenvalue weighted by Gasteiger charge is -2.17. The number of rotatable bonds is 3. The van der Waals surface area contributed by atoms with Crippen LogP contribution in [0.5, 0.6) is 0 Å². The van der Waals surface area contributed by atoms with Crippen molar-refractivity contribution in [2.75, 3.05) is 13.2 Å². The molecule has 2 rings (SSSR count). The molecule has 6 heteroatoms. The molecule has 1 atom stereocenters. The second-order valence-electron chi connectivity index (χ2n) is 4.22. The molecular formula is C13H14F2N4. The Bertz CT molecular complexity index is 522. The van der Waals surface area contributed by atoms with Crippen molar-refractivity contribution in [1.29, 1.82) is 5.26 Å². The number of aryl methyl sites for hydroxylation is 1. The molecule has 1 aliphatic carbocycles. The zero-order chi connectivity index (χ0) is 13.7. The van der Waals surface area contributed by atoms with Crippen LogP contribution in [0.2, 0.25) is 0 Å². The largest absolute Gasteiger partial charge is 0.353 e. The third-order valence-electron chi connectivity index (χ3n) is 3.05. The summed E-state index contributed by atoms with van der Waals surface area (Å²) >= 11 is 0. The molecule has 1 unspecified atom stereocenters. The molecule has 0 fully saturated rings. The zero-order valence-electron chi connectivity index (χ0n) is 10.3. The molecule has 19 heavy (non-hydrogen) atoms. The predicted molar refractivity (Wildman–Crippen MR) is 67.6 cm³/mol. The highest BCUT2D eigenvalue weighted by Crippen LogP contribution is 2.32. The number of alkyl halides is 1. The van der Waals surface area contributed by atoms with Crippen molar-refractivity contribution in [2.24, 2.45) is 4.99 Å². The number of hydrogen-bond acceptors (Lipinski definition) is 2. The Morgan fingerprint density at radius 2 is 2.37 bits per heavy atom. The second kappa shape index (κ2) is 6.14. The molecule has 4 nitrogen and oxygen atoms in total. The van der Waals surface area contributed by atoms with Crippen molar-refractivity contribution in [1.82, 2.24) is 10.6 Å². The van der Waals surface area contributed by atoms with Gasteiger partial charge in [0.2, 0.25) is 12.2 Å². The Morgan fingerprint density at radius 1 is 1.53 bits per heavy atom. The Labute approximate surface area is 110 Å². The molecule has 1 aliphatic rings. The number of nitriles is 1. The average molecular weight is 264 g/mol. The summed E-state index contributed by atoms with van der Waals surface area (Å²) in [6.07, 6.45) is 3.13. The fourth-order valence-corrected chi connectivity index (χ4v) is 2.28. The first-order valence-electron chi connectivity index (χ1n) is 6.06. The van der Waals surface area contributed by atoms with E-state index in [1.165, 1.54) is 6.07 Å². The standard InChI is InChI=1S/C13H14F2N4/c14-6-7-17-13(18-8-16)19-11-5-4-9-2-1-3-10(15)12(9)11/h1-3,11H,4-7H2,(H2,17,18,19). The van der Waals surface area contributed by atoms with Crippen LogP contribution in [0.25, 0.3) is 0 Å². The quantitative estimate of drug-likeness (QED) is 0.497. The monoisotopic (exact) mass is 264 g/mol. The molecule has 0 amide bonds. The SMILES string of the molecule is N#C/N=C(\NCCF)NC1CCc2cccc(F)c21. The van der Waals surface area contributed by atoms with E-state index < -0.39 is 6.67 Å². The topological polar surface area (TPSA) is 60.2 Å². The molecule has 100 valence electrons. The van der Waals surface area contributed by atoms with Crippen LogP contribution >= 0.6 is 0 Å². The lowest BCUT2D eigenvalue weighted by atomic mass is 10.1. The maximum absolute atomic E-state index is 13.8. The Balaban J connectivity index is 2.13. The van der Waals surface area contributed by atoms with E-state index in [4.69, 9.17) is 5.26 Å². The number of nitrogens with one attached hydrogen (secondary N) is 2. The van der Waals surface area contributed by atoms with Crippen LogP contribution in [-0.2, 0) is 6.42 Å². The van der Waals surface area contributed by atoms with Gasteiger partial charge >= 0.3 is 0 Å². The lowest BCUT2D eigenvalue weighted by molar-refractivity contribution is 0.486. The van der Waals surface area contributed by atoms with Gasteiger partial charge in [0.25, 0.3) is 0 Å². The molecule has 0 spiro atoms. The van der Waals surface area contributed by atoms with Crippen LogP contribution in [0.1, 0.15) is 23.6 Å². The molecule has 1 aromatic rings. The molecule has 0 heterocycles. The van der Waals surface area contributed by atoms with Gasteiger partial charge in [-0.2, -0.15) is 5.26 Å². The van der Waals surface area contributed by atoms with Gasteiger partial charge in [-0.15, -0.1) is 4.99 Å². The fourth-order valence-electron chi connectivity index (χ4n) is 2.28. The van der Waals surface area contributed by atoms with Gasteiger partial charge in [0.1, 0.15) is 12.5 Å². The number of guanidine groups is 1. The summed E-state index contributed by atoms with van der Waals surface area (Å²) < 4.78 is 25.9. The first-order chi connectivity index (χ1) is 9.26. The third-order valence-corrected chi connectivity index (χ3v) is 3.05. The second-order valence-corrected chi connectivity index (χ2v) is 4.22. The van der Waals surface area contributed by atoms with Crippen molar-refractivity contribution in [3.8, 4) is 6.19 Å². The number of benzene rings is 1. The molecule has 1 aromatic carbocycles. The normalized spacial score (nSPS) is 17.7. The van der Waals surface area contributed by atoms with Crippen molar-refractivity contribution in [3.05, 3.63) is 35.1 Å². The molecule has 0 aromatic heterocycles. The maximum atomic E-state index is 13.8. The Hall–Kier alpha value is -2.16. The summed E-state index contributed by atoms with van der Waals surface area (Å²) in [4.78, 5) is 3.54. The first kappa shape index (κ1) is 13.3. The van der Waals surface area contributed by atoms with E-state index in [0.29, 0.717) is 5.56 Å². The van der Waals surface area contributed by atoms with Gasteiger partial charge in [-0.25, -0.2) is 8.78 Å². The number of fused-ring (bicyclic) bond motifs is 1. The van der Waals surface area contributed by atoms with Gasteiger partial charge in [-0.1, -0.05) is 12.1 Å². The van der Waals surface area contributed by atoms with E-state index >= 15 is 0 Å². The van der Waals surface area contributed by atoms with Gasteiger partial charge < -0.3 is 10.6 Å². The van der Waals surface area contributed by atoms with Gasteiger partial charge in [-0.05, 0) is 24.5 Å². The van der Waals surface area contributed by atoms with Gasteiger partial charge in [0.05, 0.1) is 6.04 Å². The third kappa shape index (κ3) is 2.99. The predicted octanol–water partition coefficient (Wildman–Crippen LogP) is 1.80. The van der Waals surface area contributed by atoms with E-state index in [2.05, 4.69) is 15.6 Å². The number of halogens is 2. The highest BCUT2D eigenvalue weighted by atomic mass is 19.1. The first-order valence-corrected chi connectivity index (χ1v) is 6.06. The van der Waals surface area contributed by atoms with Crippen LogP contribution in [0.15, 0.2) is 23.2 Å². The van der Waals surface area contributed by atoms with Crippen LogP contribution in [-0.4, -0.2) is 19.2 Å². The Kier molecular flexibility index (Phi) is 4.29. The molecular weight excluding hydrogens is 250 g/mol. The number of aliphatic imine (C=N–C) groups is 1. The van der Waals surface area contributed by atoms with E-state index in [0.717, 1.165) is 18.4 Å². The molecule has 0 aliphatic heterocycles. The van der Waals surface area contributed by atoms with E-state index in [-0.39, 0.29) is 24.4 Å². The molecule has 0 saturated heterocycles. The number of hydrogen-bond donors (Lipinski definition) is 2. The maximum Gasteiger partial charge on any atom is 0.209 e. The van der Waals surface area contributed by atoms with Crippen LogP contribution in [0, 0.1) is 17.3 Å². The molecule has 2 N–H and O–H groups in total.